The van der Waals surface area contributed by atoms with Crippen molar-refractivity contribution in [1.82, 2.24) is 0 Å². The van der Waals surface area contributed by atoms with Crippen LogP contribution >= 0.6 is 11.6 Å². The highest BCUT2D eigenvalue weighted by Crippen LogP contribution is 2.18. The third-order valence-corrected chi connectivity index (χ3v) is 1.83. The van der Waals surface area contributed by atoms with Gasteiger partial charge in [0.25, 0.3) is 0 Å². The van der Waals surface area contributed by atoms with E-state index in [2.05, 4.69) is 0 Å². The summed E-state index contributed by atoms with van der Waals surface area (Å²) in [5.74, 6) is 1.39. The molecule has 1 rings (SSSR count). The van der Waals surface area contributed by atoms with Crippen molar-refractivity contribution in [1.29, 1.82) is 0 Å². The van der Waals surface area contributed by atoms with E-state index in [0.29, 0.717) is 12.5 Å². The summed E-state index contributed by atoms with van der Waals surface area (Å²) in [7, 11) is 4.00. The van der Waals surface area contributed by atoms with Crippen LogP contribution in [-0.4, -0.2) is 26.6 Å². The number of halogens is 1. The molecule has 0 N–H and O–H groups in total. The van der Waals surface area contributed by atoms with E-state index in [1.807, 2.05) is 43.3 Å². The first kappa shape index (κ1) is 10.2. The van der Waals surface area contributed by atoms with E-state index in [4.69, 9.17) is 16.3 Å². The molecule has 2 nitrogen and oxygen atoms in total. The van der Waals surface area contributed by atoms with E-state index in [1.165, 1.54) is 0 Å². The van der Waals surface area contributed by atoms with Crippen molar-refractivity contribution in [2.75, 3.05) is 31.5 Å². The average Bonchev–Trinajstić information content (AvgIpc) is 2.15. The minimum Gasteiger partial charge on any atom is -0.492 e. The van der Waals surface area contributed by atoms with Gasteiger partial charge in [0, 0.05) is 25.8 Å². The van der Waals surface area contributed by atoms with Crippen LogP contribution in [0.25, 0.3) is 0 Å². The summed E-state index contributed by atoms with van der Waals surface area (Å²) >= 11 is 5.52. The first-order valence-corrected chi connectivity index (χ1v) is 4.73. The van der Waals surface area contributed by atoms with Crippen LogP contribution in [0.15, 0.2) is 24.3 Å². The fourth-order valence-electron chi connectivity index (χ4n) is 1.01. The van der Waals surface area contributed by atoms with Gasteiger partial charge in [-0.3, -0.25) is 0 Å². The van der Waals surface area contributed by atoms with Crippen LogP contribution in [-0.2, 0) is 0 Å². The number of anilines is 1. The third-order valence-electron chi connectivity index (χ3n) is 1.68. The molecule has 0 fully saturated rings. The molecule has 0 atom stereocenters. The van der Waals surface area contributed by atoms with Gasteiger partial charge < -0.3 is 9.64 Å². The monoisotopic (exact) mass is 199 g/mol. The summed E-state index contributed by atoms with van der Waals surface area (Å²) in [5.41, 5.74) is 1.13. The van der Waals surface area contributed by atoms with Gasteiger partial charge in [0.05, 0.1) is 5.88 Å². The lowest BCUT2D eigenvalue weighted by Crippen LogP contribution is -2.08. The summed E-state index contributed by atoms with van der Waals surface area (Å²) < 4.78 is 5.39. The van der Waals surface area contributed by atoms with E-state index >= 15 is 0 Å². The average molecular weight is 200 g/mol. The molecule has 72 valence electrons. The first-order chi connectivity index (χ1) is 6.24. The lowest BCUT2D eigenvalue weighted by atomic mass is 10.3. The second-order valence-corrected chi connectivity index (χ2v) is 3.31. The van der Waals surface area contributed by atoms with Crippen LogP contribution < -0.4 is 9.64 Å². The van der Waals surface area contributed by atoms with Gasteiger partial charge in [0.2, 0.25) is 0 Å². The van der Waals surface area contributed by atoms with E-state index in [9.17, 15) is 0 Å². The molecule has 0 saturated heterocycles. The second-order valence-electron chi connectivity index (χ2n) is 2.93. The van der Waals surface area contributed by atoms with Gasteiger partial charge in [-0.05, 0) is 12.1 Å². The van der Waals surface area contributed by atoms with Crippen molar-refractivity contribution in [3.05, 3.63) is 24.3 Å². The molecule has 0 bridgehead atoms. The zero-order valence-corrected chi connectivity index (χ0v) is 8.71. The molecular formula is C10H14ClNO. The summed E-state index contributed by atoms with van der Waals surface area (Å²) in [4.78, 5) is 2.04. The van der Waals surface area contributed by atoms with Crippen molar-refractivity contribution < 1.29 is 4.74 Å². The Hall–Kier alpha value is -0.890. The van der Waals surface area contributed by atoms with Crippen LogP contribution in [0, 0.1) is 0 Å². The summed E-state index contributed by atoms with van der Waals surface area (Å²) in [6.45, 7) is 0.554. The van der Waals surface area contributed by atoms with Gasteiger partial charge in [-0.25, -0.2) is 0 Å². The first-order valence-electron chi connectivity index (χ1n) is 4.20. The molecule has 13 heavy (non-hydrogen) atoms. The Morgan fingerprint density at radius 2 is 2.15 bits per heavy atom. The normalized spacial score (nSPS) is 9.77. The Morgan fingerprint density at radius 1 is 1.38 bits per heavy atom. The fourth-order valence-corrected chi connectivity index (χ4v) is 1.09. The minimum absolute atomic E-state index is 0.520. The second kappa shape index (κ2) is 4.97. The van der Waals surface area contributed by atoms with Gasteiger partial charge in [-0.1, -0.05) is 6.07 Å². The highest BCUT2D eigenvalue weighted by atomic mass is 35.5. The summed E-state index contributed by atoms with van der Waals surface area (Å²) in [6.07, 6.45) is 0. The predicted octanol–water partition coefficient (Wildman–Crippen LogP) is 2.37. The van der Waals surface area contributed by atoms with E-state index < -0.39 is 0 Å². The highest BCUT2D eigenvalue weighted by Gasteiger charge is 1.97. The van der Waals surface area contributed by atoms with Gasteiger partial charge in [0.1, 0.15) is 12.4 Å². The number of nitrogens with zero attached hydrogens (tertiary/aromatic N) is 1. The lowest BCUT2D eigenvalue weighted by molar-refractivity contribution is 0.343. The SMILES string of the molecule is CN(C)c1cccc(OCCCl)c1. The highest BCUT2D eigenvalue weighted by molar-refractivity contribution is 6.18. The van der Waals surface area contributed by atoms with E-state index in [1.54, 1.807) is 0 Å². The smallest absolute Gasteiger partial charge is 0.121 e. The molecular weight excluding hydrogens is 186 g/mol. The van der Waals surface area contributed by atoms with Crippen LogP contribution in [0.5, 0.6) is 5.75 Å². The Labute approximate surface area is 84.1 Å². The molecule has 1 aromatic rings. The van der Waals surface area contributed by atoms with Crippen LogP contribution in [0.2, 0.25) is 0 Å². The maximum absolute atomic E-state index is 5.52. The Balaban J connectivity index is 2.68. The van der Waals surface area contributed by atoms with Crippen LogP contribution in [0.4, 0.5) is 5.69 Å². The molecule has 0 unspecified atom stereocenters. The zero-order valence-electron chi connectivity index (χ0n) is 7.96. The van der Waals surface area contributed by atoms with Gasteiger partial charge in [-0.2, -0.15) is 0 Å². The van der Waals surface area contributed by atoms with E-state index in [0.717, 1.165) is 11.4 Å². The van der Waals surface area contributed by atoms with E-state index in [-0.39, 0.29) is 0 Å². The number of hydrogen-bond donors (Lipinski definition) is 0. The van der Waals surface area contributed by atoms with Crippen molar-refractivity contribution in [2.24, 2.45) is 0 Å². The summed E-state index contributed by atoms with van der Waals surface area (Å²) in [6, 6.07) is 7.93. The summed E-state index contributed by atoms with van der Waals surface area (Å²) in [5, 5.41) is 0. The predicted molar refractivity (Wildman–Crippen MR) is 57.0 cm³/mol. The zero-order chi connectivity index (χ0) is 9.68. The minimum atomic E-state index is 0.520. The molecule has 3 heteroatoms. The molecule has 0 saturated carbocycles. The molecule has 0 aliphatic carbocycles. The maximum atomic E-state index is 5.52. The quantitative estimate of drug-likeness (QED) is 0.691. The van der Waals surface area contributed by atoms with Crippen LogP contribution in [0.3, 0.4) is 0 Å². The number of rotatable bonds is 4. The number of benzene rings is 1. The molecule has 0 amide bonds. The third kappa shape index (κ3) is 3.15. The number of alkyl halides is 1. The Morgan fingerprint density at radius 3 is 2.77 bits per heavy atom. The lowest BCUT2D eigenvalue weighted by Gasteiger charge is -2.13. The van der Waals surface area contributed by atoms with Gasteiger partial charge >= 0.3 is 0 Å². The van der Waals surface area contributed by atoms with Crippen molar-refractivity contribution in [2.45, 2.75) is 0 Å². The van der Waals surface area contributed by atoms with Gasteiger partial charge in [-0.15, -0.1) is 11.6 Å². The largest absolute Gasteiger partial charge is 0.492 e. The molecule has 0 aromatic heterocycles. The molecule has 1 aromatic carbocycles. The molecule has 0 spiro atoms. The standard InChI is InChI=1S/C10H14ClNO/c1-12(2)9-4-3-5-10(8-9)13-7-6-11/h3-5,8H,6-7H2,1-2H3. The molecule has 0 aliphatic heterocycles. The Bertz CT molecular complexity index is 263. The molecule has 0 aliphatic rings. The van der Waals surface area contributed by atoms with Crippen molar-refractivity contribution in [3.63, 3.8) is 0 Å². The number of hydrogen-bond acceptors (Lipinski definition) is 2. The fraction of sp³-hybridized carbons (Fsp3) is 0.400. The number of ether oxygens (including phenoxy) is 1. The van der Waals surface area contributed by atoms with Gasteiger partial charge in [0.15, 0.2) is 0 Å². The van der Waals surface area contributed by atoms with Crippen LogP contribution in [0.1, 0.15) is 0 Å². The Kier molecular flexibility index (Phi) is 3.90. The van der Waals surface area contributed by atoms with Crippen molar-refractivity contribution >= 4 is 17.3 Å². The molecule has 0 heterocycles. The van der Waals surface area contributed by atoms with Crippen molar-refractivity contribution in [3.8, 4) is 5.75 Å². The topological polar surface area (TPSA) is 12.5 Å². The maximum Gasteiger partial charge on any atom is 0.121 e. The molecule has 0 radical (unpaired) electrons.